The Kier molecular flexibility index (Phi) is 5.23. The van der Waals surface area contributed by atoms with E-state index >= 15 is 0 Å². The fraction of sp³-hybridized carbons (Fsp3) is 0.500. The van der Waals surface area contributed by atoms with Gasteiger partial charge in [0, 0.05) is 24.7 Å². The van der Waals surface area contributed by atoms with Crippen LogP contribution in [0.25, 0.3) is 0 Å². The van der Waals surface area contributed by atoms with Crippen LogP contribution in [0.2, 0.25) is 5.02 Å². The monoisotopic (exact) mass is 298 g/mol. The van der Waals surface area contributed by atoms with Crippen molar-refractivity contribution in [1.29, 1.82) is 0 Å². The number of carboxylic acids is 1. The van der Waals surface area contributed by atoms with Crippen molar-refractivity contribution in [2.45, 2.75) is 13.0 Å². The van der Waals surface area contributed by atoms with Crippen molar-refractivity contribution in [3.8, 4) is 0 Å². The molecule has 2 rings (SSSR count). The lowest BCUT2D eigenvalue weighted by Crippen LogP contribution is -2.45. The molecule has 1 saturated heterocycles. The topological polar surface area (TPSA) is 61.8 Å². The molecule has 2 N–H and O–H groups in total. The molecule has 1 heterocycles. The van der Waals surface area contributed by atoms with Gasteiger partial charge in [-0.15, -0.1) is 0 Å². The van der Waals surface area contributed by atoms with Crippen molar-refractivity contribution in [2.75, 3.05) is 38.1 Å². The Hall–Kier alpha value is -1.30. The number of hydrogen-bond acceptors (Lipinski definition) is 4. The van der Waals surface area contributed by atoms with Crippen LogP contribution in [0.5, 0.6) is 0 Å². The molecule has 1 aromatic carbocycles. The van der Waals surface area contributed by atoms with E-state index in [0.29, 0.717) is 23.9 Å². The number of benzene rings is 1. The number of hydrogen-bond donors (Lipinski definition) is 2. The molecular formula is C14H19ClN2O3. The molecule has 6 heteroatoms. The van der Waals surface area contributed by atoms with Crippen molar-refractivity contribution >= 4 is 23.3 Å². The normalized spacial score (nSPS) is 19.8. The van der Waals surface area contributed by atoms with E-state index < -0.39 is 5.97 Å². The summed E-state index contributed by atoms with van der Waals surface area (Å²) >= 11 is 5.92. The lowest BCUT2D eigenvalue weighted by atomic mass is 10.1. The number of aromatic carboxylic acids is 1. The summed E-state index contributed by atoms with van der Waals surface area (Å²) in [5, 5.41) is 12.8. The van der Waals surface area contributed by atoms with Gasteiger partial charge in [0.05, 0.1) is 24.0 Å². The number of halogens is 1. The van der Waals surface area contributed by atoms with Gasteiger partial charge in [0.1, 0.15) is 0 Å². The molecule has 1 aliphatic heterocycles. The van der Waals surface area contributed by atoms with E-state index in [2.05, 4.69) is 17.1 Å². The second kappa shape index (κ2) is 6.92. The minimum atomic E-state index is -0.969. The first kappa shape index (κ1) is 15.1. The van der Waals surface area contributed by atoms with Crippen LogP contribution in [0.4, 0.5) is 5.69 Å². The standard InChI is InChI=1S/C14H19ClN2O3/c1-2-17-5-6-20-11(9-17)8-16-13-7-10(15)3-4-12(13)14(18)19/h3-4,7,11,16H,2,5-6,8-9H2,1H3,(H,18,19). The van der Waals surface area contributed by atoms with E-state index in [1.807, 2.05) is 0 Å². The van der Waals surface area contributed by atoms with Crippen LogP contribution in [-0.2, 0) is 4.74 Å². The van der Waals surface area contributed by atoms with Gasteiger partial charge in [-0.05, 0) is 24.7 Å². The molecule has 0 aliphatic carbocycles. The third-order valence-corrected chi connectivity index (χ3v) is 3.64. The van der Waals surface area contributed by atoms with Crippen LogP contribution >= 0.6 is 11.6 Å². The summed E-state index contributed by atoms with van der Waals surface area (Å²) in [7, 11) is 0. The Morgan fingerprint density at radius 2 is 2.40 bits per heavy atom. The molecule has 0 saturated carbocycles. The maximum atomic E-state index is 11.2. The van der Waals surface area contributed by atoms with Gasteiger partial charge in [-0.1, -0.05) is 18.5 Å². The van der Waals surface area contributed by atoms with E-state index in [1.54, 1.807) is 12.1 Å². The van der Waals surface area contributed by atoms with E-state index in [9.17, 15) is 4.79 Å². The fourth-order valence-corrected chi connectivity index (χ4v) is 2.44. The Labute approximate surface area is 123 Å². The lowest BCUT2D eigenvalue weighted by Gasteiger charge is -2.32. The highest BCUT2D eigenvalue weighted by atomic mass is 35.5. The summed E-state index contributed by atoms with van der Waals surface area (Å²) in [6.45, 7) is 6.20. The zero-order chi connectivity index (χ0) is 14.5. The number of ether oxygens (including phenoxy) is 1. The third kappa shape index (κ3) is 3.85. The smallest absolute Gasteiger partial charge is 0.337 e. The van der Waals surface area contributed by atoms with Gasteiger partial charge in [-0.3, -0.25) is 4.90 Å². The molecule has 1 fully saturated rings. The highest BCUT2D eigenvalue weighted by Gasteiger charge is 2.19. The SMILES string of the molecule is CCN1CCOC(CNc2cc(Cl)ccc2C(=O)O)C1. The van der Waals surface area contributed by atoms with Gasteiger partial charge in [-0.2, -0.15) is 0 Å². The first-order valence-electron chi connectivity index (χ1n) is 6.70. The predicted octanol–water partition coefficient (Wildman–Crippen LogP) is 2.17. The number of likely N-dealkylation sites (N-methyl/N-ethyl adjacent to an activating group) is 1. The zero-order valence-corrected chi connectivity index (χ0v) is 12.2. The Morgan fingerprint density at radius 1 is 1.60 bits per heavy atom. The molecule has 1 aliphatic rings. The summed E-state index contributed by atoms with van der Waals surface area (Å²) in [5.74, 6) is -0.969. The van der Waals surface area contributed by atoms with Crippen molar-refractivity contribution < 1.29 is 14.6 Å². The van der Waals surface area contributed by atoms with Crippen molar-refractivity contribution in [1.82, 2.24) is 4.90 Å². The molecule has 5 nitrogen and oxygen atoms in total. The number of carbonyl (C=O) groups is 1. The van der Waals surface area contributed by atoms with Crippen LogP contribution in [0, 0.1) is 0 Å². The fourth-order valence-electron chi connectivity index (χ4n) is 2.26. The molecule has 0 spiro atoms. The molecule has 0 amide bonds. The molecule has 0 aromatic heterocycles. The number of rotatable bonds is 5. The Bertz CT molecular complexity index is 481. The van der Waals surface area contributed by atoms with Gasteiger partial charge >= 0.3 is 5.97 Å². The van der Waals surface area contributed by atoms with Crippen LogP contribution < -0.4 is 5.32 Å². The first-order chi connectivity index (χ1) is 9.60. The van der Waals surface area contributed by atoms with Crippen LogP contribution in [0.3, 0.4) is 0 Å². The molecule has 1 atom stereocenters. The zero-order valence-electron chi connectivity index (χ0n) is 11.4. The maximum Gasteiger partial charge on any atom is 0.337 e. The summed E-state index contributed by atoms with van der Waals surface area (Å²) in [4.78, 5) is 13.5. The number of anilines is 1. The highest BCUT2D eigenvalue weighted by Crippen LogP contribution is 2.21. The average molecular weight is 299 g/mol. The number of morpholine rings is 1. The Morgan fingerprint density at radius 3 is 3.10 bits per heavy atom. The van der Waals surface area contributed by atoms with E-state index in [4.69, 9.17) is 21.4 Å². The molecule has 1 aromatic rings. The molecule has 0 radical (unpaired) electrons. The predicted molar refractivity (Wildman–Crippen MR) is 78.8 cm³/mol. The molecule has 110 valence electrons. The van der Waals surface area contributed by atoms with Crippen molar-refractivity contribution in [3.63, 3.8) is 0 Å². The lowest BCUT2D eigenvalue weighted by molar-refractivity contribution is -0.0191. The molecule has 0 bridgehead atoms. The van der Waals surface area contributed by atoms with Crippen molar-refractivity contribution in [3.05, 3.63) is 28.8 Å². The number of nitrogens with one attached hydrogen (secondary N) is 1. The van der Waals surface area contributed by atoms with E-state index in [-0.39, 0.29) is 11.7 Å². The summed E-state index contributed by atoms with van der Waals surface area (Å²) in [6.07, 6.45) is 0.0596. The third-order valence-electron chi connectivity index (χ3n) is 3.40. The van der Waals surface area contributed by atoms with Crippen LogP contribution in [0.1, 0.15) is 17.3 Å². The second-order valence-corrected chi connectivity index (χ2v) is 5.20. The Balaban J connectivity index is 1.99. The van der Waals surface area contributed by atoms with Gasteiger partial charge in [0.15, 0.2) is 0 Å². The van der Waals surface area contributed by atoms with E-state index in [0.717, 1.165) is 19.6 Å². The van der Waals surface area contributed by atoms with Crippen molar-refractivity contribution in [2.24, 2.45) is 0 Å². The molecule has 1 unspecified atom stereocenters. The van der Waals surface area contributed by atoms with Gasteiger partial charge < -0.3 is 15.2 Å². The maximum absolute atomic E-state index is 11.2. The quantitative estimate of drug-likeness (QED) is 0.872. The number of nitrogens with zero attached hydrogens (tertiary/aromatic N) is 1. The van der Waals surface area contributed by atoms with Crippen LogP contribution in [0.15, 0.2) is 18.2 Å². The summed E-state index contributed by atoms with van der Waals surface area (Å²) < 4.78 is 5.68. The van der Waals surface area contributed by atoms with Gasteiger partial charge in [0.2, 0.25) is 0 Å². The van der Waals surface area contributed by atoms with Crippen LogP contribution in [-0.4, -0.2) is 54.9 Å². The van der Waals surface area contributed by atoms with Gasteiger partial charge in [0.25, 0.3) is 0 Å². The van der Waals surface area contributed by atoms with Gasteiger partial charge in [-0.25, -0.2) is 4.79 Å². The second-order valence-electron chi connectivity index (χ2n) is 4.76. The minimum absolute atomic E-state index is 0.0596. The summed E-state index contributed by atoms with van der Waals surface area (Å²) in [6, 6.07) is 4.71. The summed E-state index contributed by atoms with van der Waals surface area (Å²) in [5.41, 5.74) is 0.750. The first-order valence-corrected chi connectivity index (χ1v) is 7.08. The average Bonchev–Trinajstić information content (AvgIpc) is 2.45. The largest absolute Gasteiger partial charge is 0.478 e. The van der Waals surface area contributed by atoms with E-state index in [1.165, 1.54) is 6.07 Å². The minimum Gasteiger partial charge on any atom is -0.478 e. The number of carboxylic acid groups (broad SMARTS) is 1. The molecule has 20 heavy (non-hydrogen) atoms. The highest BCUT2D eigenvalue weighted by molar-refractivity contribution is 6.31. The molecular weight excluding hydrogens is 280 g/mol.